The molecule has 0 saturated heterocycles. The van der Waals surface area contributed by atoms with Gasteiger partial charge in [0, 0.05) is 49.5 Å². The van der Waals surface area contributed by atoms with Crippen LogP contribution in [0.4, 0.5) is 5.69 Å². The summed E-state index contributed by atoms with van der Waals surface area (Å²) in [7, 11) is 4.10. The van der Waals surface area contributed by atoms with E-state index >= 15 is 0 Å². The van der Waals surface area contributed by atoms with Crippen molar-refractivity contribution in [2.75, 3.05) is 26.0 Å². The van der Waals surface area contributed by atoms with Crippen molar-refractivity contribution >= 4 is 28.7 Å². The van der Waals surface area contributed by atoms with Crippen LogP contribution in [-0.4, -0.2) is 40.7 Å². The number of benzene rings is 2. The number of nitrogens with one attached hydrogen (secondary N) is 2. The molecular formula is C26H29N5. The molecule has 2 N–H and O–H groups in total. The number of H-pyrrole nitrogens is 1. The molecule has 0 unspecified atom stereocenters. The van der Waals surface area contributed by atoms with E-state index in [4.69, 9.17) is 0 Å². The Morgan fingerprint density at radius 3 is 2.77 bits per heavy atom. The Morgan fingerprint density at radius 1 is 1.06 bits per heavy atom. The molecule has 5 heteroatoms. The van der Waals surface area contributed by atoms with Gasteiger partial charge in [-0.25, -0.2) is 0 Å². The van der Waals surface area contributed by atoms with Crippen molar-refractivity contribution in [3.05, 3.63) is 88.9 Å². The van der Waals surface area contributed by atoms with Crippen molar-refractivity contribution in [2.45, 2.75) is 19.9 Å². The average molecular weight is 412 g/mol. The third-order valence-corrected chi connectivity index (χ3v) is 5.52. The largest absolute Gasteiger partial charge is 0.388 e. The molecule has 0 bridgehead atoms. The molecule has 0 aliphatic heterocycles. The fourth-order valence-corrected chi connectivity index (χ4v) is 3.80. The first-order valence-electron chi connectivity index (χ1n) is 10.6. The maximum Gasteiger partial charge on any atom is 0.0928 e. The van der Waals surface area contributed by atoms with E-state index in [1.807, 2.05) is 25.4 Å². The summed E-state index contributed by atoms with van der Waals surface area (Å²) >= 11 is 0. The van der Waals surface area contributed by atoms with Gasteiger partial charge in [0.05, 0.1) is 11.2 Å². The first kappa shape index (κ1) is 20.8. The number of hydrogen-bond donors (Lipinski definition) is 2. The third-order valence-electron chi connectivity index (χ3n) is 5.52. The van der Waals surface area contributed by atoms with Gasteiger partial charge in [0.2, 0.25) is 0 Å². The minimum atomic E-state index is 0.907. The van der Waals surface area contributed by atoms with Crippen LogP contribution in [-0.2, 0) is 13.0 Å². The van der Waals surface area contributed by atoms with Gasteiger partial charge in [0.1, 0.15) is 0 Å². The van der Waals surface area contributed by atoms with Crippen molar-refractivity contribution in [2.24, 2.45) is 0 Å². The molecule has 0 radical (unpaired) electrons. The van der Waals surface area contributed by atoms with E-state index in [1.54, 1.807) is 0 Å². The second-order valence-electron chi connectivity index (χ2n) is 7.96. The van der Waals surface area contributed by atoms with Crippen LogP contribution in [0.2, 0.25) is 0 Å². The molecule has 2 aromatic carbocycles. The van der Waals surface area contributed by atoms with E-state index in [9.17, 15) is 0 Å². The van der Waals surface area contributed by atoms with Crippen LogP contribution in [0.3, 0.4) is 0 Å². The van der Waals surface area contributed by atoms with Gasteiger partial charge in [-0.05, 0) is 61.0 Å². The maximum absolute atomic E-state index is 4.50. The summed E-state index contributed by atoms with van der Waals surface area (Å²) in [6.45, 7) is 3.98. The Balaban J connectivity index is 1.43. The molecule has 0 aliphatic carbocycles. The maximum atomic E-state index is 4.50. The topological polar surface area (TPSA) is 56.8 Å². The lowest BCUT2D eigenvalue weighted by Gasteiger charge is -2.16. The summed E-state index contributed by atoms with van der Waals surface area (Å²) < 4.78 is 0. The molecule has 0 atom stereocenters. The van der Waals surface area contributed by atoms with E-state index in [0.717, 1.165) is 47.5 Å². The Kier molecular flexibility index (Phi) is 6.43. The van der Waals surface area contributed by atoms with Crippen LogP contribution >= 0.6 is 0 Å². The van der Waals surface area contributed by atoms with Gasteiger partial charge >= 0.3 is 0 Å². The predicted octanol–water partition coefficient (Wildman–Crippen LogP) is 5.15. The van der Waals surface area contributed by atoms with E-state index in [2.05, 4.69) is 94.0 Å². The van der Waals surface area contributed by atoms with Crippen LogP contribution in [0, 0.1) is 6.92 Å². The second kappa shape index (κ2) is 9.58. The van der Waals surface area contributed by atoms with Gasteiger partial charge in [-0.3, -0.25) is 10.1 Å². The molecule has 0 fully saturated rings. The Labute approximate surface area is 183 Å². The van der Waals surface area contributed by atoms with Gasteiger partial charge in [0.25, 0.3) is 0 Å². The molecule has 158 valence electrons. The highest BCUT2D eigenvalue weighted by atomic mass is 15.1. The molecule has 2 aromatic heterocycles. The van der Waals surface area contributed by atoms with Gasteiger partial charge < -0.3 is 10.2 Å². The molecule has 31 heavy (non-hydrogen) atoms. The summed E-state index contributed by atoms with van der Waals surface area (Å²) in [6.07, 6.45) is 7.02. The lowest BCUT2D eigenvalue weighted by Crippen LogP contribution is -2.21. The van der Waals surface area contributed by atoms with Gasteiger partial charge in [-0.1, -0.05) is 36.4 Å². The van der Waals surface area contributed by atoms with Crippen molar-refractivity contribution in [3.8, 4) is 0 Å². The predicted molar refractivity (Wildman–Crippen MR) is 130 cm³/mol. The molecule has 0 spiro atoms. The van der Waals surface area contributed by atoms with E-state index in [0.29, 0.717) is 0 Å². The van der Waals surface area contributed by atoms with Crippen molar-refractivity contribution in [3.63, 3.8) is 0 Å². The third kappa shape index (κ3) is 5.19. The number of aromatic nitrogens is 3. The van der Waals surface area contributed by atoms with Crippen LogP contribution in [0.25, 0.3) is 23.1 Å². The average Bonchev–Trinajstić information content (AvgIpc) is 3.18. The molecular weight excluding hydrogens is 382 g/mol. The summed E-state index contributed by atoms with van der Waals surface area (Å²) in [6, 6.07) is 19.0. The van der Waals surface area contributed by atoms with Crippen LogP contribution < -0.4 is 5.32 Å². The Morgan fingerprint density at radius 2 is 1.97 bits per heavy atom. The van der Waals surface area contributed by atoms with Gasteiger partial charge in [-0.15, -0.1) is 0 Å². The molecule has 0 aliphatic rings. The van der Waals surface area contributed by atoms with Crippen molar-refractivity contribution in [1.29, 1.82) is 0 Å². The molecule has 2 heterocycles. The Bertz CT molecular complexity index is 1180. The normalized spacial score (nSPS) is 11.6. The number of aromatic amines is 1. The highest BCUT2D eigenvalue weighted by Gasteiger charge is 2.07. The standard InChI is InChI=1S/C26H29N5/c1-19-15-26-23(17-25(19)27-2)24(29-30-26)11-10-20-7-6-8-21(16-20)18-31(3)14-12-22-9-4-5-13-28-22/h4-11,13,15-17,27H,12,14,18H2,1-3H3,(H,29,30)/b11-10+. The van der Waals surface area contributed by atoms with Gasteiger partial charge in [-0.2, -0.15) is 5.10 Å². The number of nitrogens with zero attached hydrogens (tertiary/aromatic N) is 3. The number of rotatable bonds is 8. The number of fused-ring (bicyclic) bond motifs is 1. The first-order chi connectivity index (χ1) is 15.1. The van der Waals surface area contributed by atoms with Gasteiger partial charge in [0.15, 0.2) is 0 Å². The molecule has 5 nitrogen and oxygen atoms in total. The minimum absolute atomic E-state index is 0.907. The lowest BCUT2D eigenvalue weighted by molar-refractivity contribution is 0.330. The van der Waals surface area contributed by atoms with E-state index in [-0.39, 0.29) is 0 Å². The lowest BCUT2D eigenvalue weighted by atomic mass is 10.1. The van der Waals surface area contributed by atoms with Crippen molar-refractivity contribution in [1.82, 2.24) is 20.1 Å². The van der Waals surface area contributed by atoms with Crippen LogP contribution in [0.15, 0.2) is 60.8 Å². The summed E-state index contributed by atoms with van der Waals surface area (Å²) in [5, 5.41) is 12.0. The number of pyridine rings is 1. The SMILES string of the molecule is CNc1cc2c(/C=C/c3cccc(CN(C)CCc4ccccn4)c3)n[nH]c2cc1C. The quantitative estimate of drug-likeness (QED) is 0.421. The fraction of sp³-hybridized carbons (Fsp3) is 0.231. The summed E-state index contributed by atoms with van der Waals surface area (Å²) in [5.74, 6) is 0. The number of aryl methyl sites for hydroxylation is 1. The summed E-state index contributed by atoms with van der Waals surface area (Å²) in [4.78, 5) is 6.74. The molecule has 0 amide bonds. The molecule has 4 rings (SSSR count). The monoisotopic (exact) mass is 411 g/mol. The number of likely N-dealkylation sites (N-methyl/N-ethyl adjacent to an activating group) is 1. The van der Waals surface area contributed by atoms with Crippen LogP contribution in [0.5, 0.6) is 0 Å². The smallest absolute Gasteiger partial charge is 0.0928 e. The second-order valence-corrected chi connectivity index (χ2v) is 7.96. The zero-order chi connectivity index (χ0) is 21.6. The van der Waals surface area contributed by atoms with E-state index < -0.39 is 0 Å². The highest BCUT2D eigenvalue weighted by Crippen LogP contribution is 2.25. The van der Waals surface area contributed by atoms with Crippen molar-refractivity contribution < 1.29 is 0 Å². The number of anilines is 1. The zero-order valence-electron chi connectivity index (χ0n) is 18.4. The molecule has 4 aromatic rings. The zero-order valence-corrected chi connectivity index (χ0v) is 18.4. The van der Waals surface area contributed by atoms with Crippen LogP contribution in [0.1, 0.15) is 28.1 Å². The van der Waals surface area contributed by atoms with E-state index in [1.165, 1.54) is 16.7 Å². The fourth-order valence-electron chi connectivity index (χ4n) is 3.80. The molecule has 0 saturated carbocycles. The highest BCUT2D eigenvalue weighted by molar-refractivity contribution is 5.92. The summed E-state index contributed by atoms with van der Waals surface area (Å²) in [5.41, 5.74) is 7.93. The minimum Gasteiger partial charge on any atom is -0.388 e. The first-order valence-corrected chi connectivity index (χ1v) is 10.6. The Hall–Kier alpha value is -3.44. The number of hydrogen-bond acceptors (Lipinski definition) is 4.